The summed E-state index contributed by atoms with van der Waals surface area (Å²) >= 11 is 0. The second-order valence-corrected chi connectivity index (χ2v) is 4.91. The number of rotatable bonds is 5. The van der Waals surface area contributed by atoms with Crippen molar-refractivity contribution in [2.45, 2.75) is 26.7 Å². The molecule has 110 valence electrons. The molecule has 1 aromatic heterocycles. The number of methoxy groups -OCH3 is 2. The molecule has 0 aliphatic heterocycles. The monoisotopic (exact) mass is 279 g/mol. The van der Waals surface area contributed by atoms with Crippen molar-refractivity contribution < 1.29 is 14.3 Å². The highest BCUT2D eigenvalue weighted by Crippen LogP contribution is 2.28. The lowest BCUT2D eigenvalue weighted by Crippen LogP contribution is -2.19. The van der Waals surface area contributed by atoms with Gasteiger partial charge in [-0.3, -0.25) is 4.79 Å². The first-order valence-electron chi connectivity index (χ1n) is 6.38. The largest absolute Gasteiger partial charge is 0.491 e. The molecular formula is C15H21NO4. The Balaban J connectivity index is 3.38. The van der Waals surface area contributed by atoms with Gasteiger partial charge in [0.1, 0.15) is 0 Å². The van der Waals surface area contributed by atoms with Gasteiger partial charge in [0.05, 0.1) is 14.2 Å². The maximum Gasteiger partial charge on any atom is 0.358 e. The number of carbonyl (C=O) groups is 1. The van der Waals surface area contributed by atoms with E-state index in [-0.39, 0.29) is 28.7 Å². The molecule has 1 rings (SSSR count). The second-order valence-electron chi connectivity index (χ2n) is 4.91. The van der Waals surface area contributed by atoms with Gasteiger partial charge in [-0.1, -0.05) is 26.0 Å². The average molecular weight is 279 g/mol. The van der Waals surface area contributed by atoms with Gasteiger partial charge in [0.25, 0.3) is 0 Å². The molecule has 0 aliphatic rings. The van der Waals surface area contributed by atoms with Crippen LogP contribution in [0.1, 0.15) is 42.9 Å². The van der Waals surface area contributed by atoms with Crippen LogP contribution in [0.15, 0.2) is 23.0 Å². The molecule has 2 atom stereocenters. The number of esters is 1. The van der Waals surface area contributed by atoms with Gasteiger partial charge in [-0.05, 0) is 12.8 Å². The standard InChI is InChI=1S/C15H21NO4/c1-8(2)9(3)10(4)11-7-12(17)14(19-5)13(16-11)15(18)20-6/h7,9-10H,1H2,2-6H3,(H,16,17). The van der Waals surface area contributed by atoms with E-state index in [4.69, 9.17) is 4.74 Å². The van der Waals surface area contributed by atoms with Crippen LogP contribution in [0, 0.1) is 5.92 Å². The third-order valence-electron chi connectivity index (χ3n) is 3.62. The van der Waals surface area contributed by atoms with Gasteiger partial charge in [0.15, 0.2) is 11.4 Å². The van der Waals surface area contributed by atoms with Crippen molar-refractivity contribution >= 4 is 5.97 Å². The number of aromatic nitrogens is 1. The van der Waals surface area contributed by atoms with Gasteiger partial charge < -0.3 is 14.5 Å². The van der Waals surface area contributed by atoms with Crippen molar-refractivity contribution in [1.82, 2.24) is 4.98 Å². The van der Waals surface area contributed by atoms with E-state index in [0.29, 0.717) is 5.69 Å². The van der Waals surface area contributed by atoms with E-state index in [1.807, 2.05) is 20.8 Å². The zero-order valence-electron chi connectivity index (χ0n) is 12.6. The molecule has 0 amide bonds. The SMILES string of the molecule is C=C(C)C(C)C(C)c1cc(=O)c(OC)c(C(=O)OC)[nH]1. The summed E-state index contributed by atoms with van der Waals surface area (Å²) in [5.74, 6) is -0.467. The van der Waals surface area contributed by atoms with Crippen LogP contribution in [-0.4, -0.2) is 25.2 Å². The van der Waals surface area contributed by atoms with Gasteiger partial charge in [0.2, 0.25) is 5.43 Å². The number of pyridine rings is 1. The highest BCUT2D eigenvalue weighted by Gasteiger charge is 2.22. The molecule has 0 fully saturated rings. The van der Waals surface area contributed by atoms with E-state index in [2.05, 4.69) is 16.3 Å². The lowest BCUT2D eigenvalue weighted by molar-refractivity contribution is 0.0589. The maximum absolute atomic E-state index is 12.0. The van der Waals surface area contributed by atoms with Crippen molar-refractivity contribution in [3.05, 3.63) is 39.8 Å². The molecule has 20 heavy (non-hydrogen) atoms. The summed E-state index contributed by atoms with van der Waals surface area (Å²) in [5.41, 5.74) is 1.36. The summed E-state index contributed by atoms with van der Waals surface area (Å²) in [6.45, 7) is 9.85. The van der Waals surface area contributed by atoms with Gasteiger partial charge in [0, 0.05) is 17.7 Å². The lowest BCUT2D eigenvalue weighted by Gasteiger charge is -2.21. The van der Waals surface area contributed by atoms with Gasteiger partial charge in [-0.15, -0.1) is 0 Å². The van der Waals surface area contributed by atoms with Crippen LogP contribution in [-0.2, 0) is 4.74 Å². The third-order valence-corrected chi connectivity index (χ3v) is 3.62. The summed E-state index contributed by atoms with van der Waals surface area (Å²) in [7, 11) is 2.60. The molecule has 0 saturated heterocycles. The Morgan fingerprint density at radius 3 is 2.40 bits per heavy atom. The number of nitrogens with one attached hydrogen (secondary N) is 1. The number of ether oxygens (including phenoxy) is 2. The van der Waals surface area contributed by atoms with Crippen LogP contribution in [0.4, 0.5) is 0 Å². The lowest BCUT2D eigenvalue weighted by atomic mass is 9.87. The molecule has 5 heteroatoms. The van der Waals surface area contributed by atoms with Crippen molar-refractivity contribution in [3.63, 3.8) is 0 Å². The molecule has 0 aromatic carbocycles. The minimum absolute atomic E-state index is 0.0227. The molecule has 0 bridgehead atoms. The highest BCUT2D eigenvalue weighted by atomic mass is 16.5. The Bertz CT molecular complexity index is 574. The number of hydrogen-bond acceptors (Lipinski definition) is 4. The summed E-state index contributed by atoms with van der Waals surface area (Å²) in [4.78, 5) is 26.7. The summed E-state index contributed by atoms with van der Waals surface area (Å²) in [6, 6.07) is 1.45. The molecule has 1 aromatic rings. The topological polar surface area (TPSA) is 68.4 Å². The minimum Gasteiger partial charge on any atom is -0.491 e. The van der Waals surface area contributed by atoms with Crippen LogP contribution in [0.2, 0.25) is 0 Å². The van der Waals surface area contributed by atoms with Crippen LogP contribution < -0.4 is 10.2 Å². The van der Waals surface area contributed by atoms with Crippen LogP contribution in [0.25, 0.3) is 0 Å². The van der Waals surface area contributed by atoms with E-state index in [1.54, 1.807) is 0 Å². The normalized spacial score (nSPS) is 13.4. The highest BCUT2D eigenvalue weighted by molar-refractivity contribution is 5.90. The Labute approximate surface area is 118 Å². The molecule has 0 aliphatic carbocycles. The first kappa shape index (κ1) is 16.0. The van der Waals surface area contributed by atoms with Crippen LogP contribution in [0.3, 0.4) is 0 Å². The van der Waals surface area contributed by atoms with E-state index in [9.17, 15) is 9.59 Å². The maximum atomic E-state index is 12.0. The van der Waals surface area contributed by atoms with E-state index >= 15 is 0 Å². The summed E-state index contributed by atoms with van der Waals surface area (Å²) in [6.07, 6.45) is 0. The molecular weight excluding hydrogens is 258 g/mol. The first-order chi connectivity index (χ1) is 9.33. The fraction of sp³-hybridized carbons (Fsp3) is 0.467. The number of carbonyl (C=O) groups excluding carboxylic acids is 1. The Morgan fingerprint density at radius 1 is 1.35 bits per heavy atom. The van der Waals surface area contributed by atoms with E-state index in [0.717, 1.165) is 5.57 Å². The smallest absolute Gasteiger partial charge is 0.358 e. The molecule has 0 spiro atoms. The number of allylic oxidation sites excluding steroid dienone is 1. The van der Waals surface area contributed by atoms with Crippen molar-refractivity contribution in [2.24, 2.45) is 5.92 Å². The third kappa shape index (κ3) is 3.10. The minimum atomic E-state index is -0.629. The Kier molecular flexibility index (Phi) is 5.13. The first-order valence-corrected chi connectivity index (χ1v) is 6.38. The van der Waals surface area contributed by atoms with Gasteiger partial charge >= 0.3 is 5.97 Å². The second kappa shape index (κ2) is 6.41. The van der Waals surface area contributed by atoms with E-state index in [1.165, 1.54) is 20.3 Å². The molecule has 0 saturated carbocycles. The zero-order valence-corrected chi connectivity index (χ0v) is 12.6. The molecule has 2 unspecified atom stereocenters. The molecule has 5 nitrogen and oxygen atoms in total. The summed E-state index contributed by atoms with van der Waals surface area (Å²) in [5, 5.41) is 0. The molecule has 1 heterocycles. The molecule has 0 radical (unpaired) electrons. The van der Waals surface area contributed by atoms with Crippen molar-refractivity contribution in [2.75, 3.05) is 14.2 Å². The van der Waals surface area contributed by atoms with Crippen molar-refractivity contribution in [1.29, 1.82) is 0 Å². The van der Waals surface area contributed by atoms with Gasteiger partial charge in [-0.25, -0.2) is 4.79 Å². The summed E-state index contributed by atoms with van der Waals surface area (Å²) < 4.78 is 9.65. The van der Waals surface area contributed by atoms with E-state index < -0.39 is 5.97 Å². The predicted octanol–water partition coefficient (Wildman–Crippen LogP) is 2.49. The Morgan fingerprint density at radius 2 is 1.95 bits per heavy atom. The average Bonchev–Trinajstić information content (AvgIpc) is 2.43. The van der Waals surface area contributed by atoms with Crippen molar-refractivity contribution in [3.8, 4) is 5.75 Å². The zero-order chi connectivity index (χ0) is 15.4. The van der Waals surface area contributed by atoms with Gasteiger partial charge in [-0.2, -0.15) is 0 Å². The molecule has 1 N–H and O–H groups in total. The number of aromatic amines is 1. The number of H-pyrrole nitrogens is 1. The van der Waals surface area contributed by atoms with Crippen LogP contribution >= 0.6 is 0 Å². The quantitative estimate of drug-likeness (QED) is 0.664. The predicted molar refractivity (Wildman–Crippen MR) is 77.3 cm³/mol. The fourth-order valence-corrected chi connectivity index (χ4v) is 1.96. The number of hydrogen-bond donors (Lipinski definition) is 1. The Hall–Kier alpha value is -2.04. The van der Waals surface area contributed by atoms with Crippen LogP contribution in [0.5, 0.6) is 5.75 Å². The fourth-order valence-electron chi connectivity index (χ4n) is 1.96.